The molecule has 2 saturated carbocycles. The van der Waals surface area contributed by atoms with Gasteiger partial charge in [-0.3, -0.25) is 9.59 Å². The Morgan fingerprint density at radius 3 is 2.41 bits per heavy atom. The first-order valence-corrected chi connectivity index (χ1v) is 14.0. The lowest BCUT2D eigenvalue weighted by Crippen LogP contribution is -2.78. The third kappa shape index (κ3) is 3.47. The number of carbonyl (C=O) groups is 3. The standard InChI is InChI=1S/C29H42O10/c1-12(2)28(35,13(3)4)10-19(31)39-21-20-15(6)22(32)29(36)25-26(7)16(14(5)8-17(30)23(26)33)9-18(38-24(21)34)27(20,25)11-37-29/h8,12-13,15-16,18,20-23,25,32-33,35-36H,9-11H2,1-7H3/t15-,16+,18-,20?,21?,22-,23-,25?,26-,27+,29?/m1/s1. The smallest absolute Gasteiger partial charge is 0.348 e. The summed E-state index contributed by atoms with van der Waals surface area (Å²) in [4.78, 5) is 39.6. The molecule has 0 aromatic carbocycles. The van der Waals surface area contributed by atoms with E-state index in [4.69, 9.17) is 14.2 Å². The highest BCUT2D eigenvalue weighted by Crippen LogP contribution is 2.73. The molecule has 0 aromatic rings. The van der Waals surface area contributed by atoms with Crippen molar-refractivity contribution in [3.8, 4) is 0 Å². The molecule has 11 atom stereocenters. The molecule has 218 valence electrons. The Morgan fingerprint density at radius 2 is 1.82 bits per heavy atom. The van der Waals surface area contributed by atoms with Crippen LogP contribution in [-0.4, -0.2) is 80.6 Å². The van der Waals surface area contributed by atoms with Crippen LogP contribution < -0.4 is 0 Å². The second kappa shape index (κ2) is 8.82. The van der Waals surface area contributed by atoms with Gasteiger partial charge in [0.05, 0.1) is 18.6 Å². The Bertz CT molecular complexity index is 1110. The zero-order valence-corrected chi connectivity index (χ0v) is 23.7. The summed E-state index contributed by atoms with van der Waals surface area (Å²) in [6.45, 7) is 12.3. The van der Waals surface area contributed by atoms with E-state index in [0.717, 1.165) is 0 Å². The number of aliphatic hydroxyl groups excluding tert-OH is 2. The van der Waals surface area contributed by atoms with Crippen molar-refractivity contribution in [2.75, 3.05) is 6.61 Å². The fraction of sp³-hybridized carbons (Fsp3) is 0.828. The van der Waals surface area contributed by atoms with Gasteiger partial charge in [0.15, 0.2) is 11.6 Å². The van der Waals surface area contributed by atoms with Crippen LogP contribution in [0.2, 0.25) is 0 Å². The molecule has 1 spiro atoms. The van der Waals surface area contributed by atoms with Gasteiger partial charge in [-0.2, -0.15) is 0 Å². The van der Waals surface area contributed by atoms with E-state index in [1.807, 2.05) is 0 Å². The highest BCUT2D eigenvalue weighted by atomic mass is 16.7. The van der Waals surface area contributed by atoms with Crippen LogP contribution in [0.15, 0.2) is 11.6 Å². The quantitative estimate of drug-likeness (QED) is 0.365. The van der Waals surface area contributed by atoms with Crippen LogP contribution in [0.3, 0.4) is 0 Å². The van der Waals surface area contributed by atoms with Crippen molar-refractivity contribution < 1.29 is 49.0 Å². The average molecular weight is 551 g/mol. The monoisotopic (exact) mass is 550 g/mol. The van der Waals surface area contributed by atoms with Crippen molar-refractivity contribution in [2.24, 2.45) is 46.3 Å². The summed E-state index contributed by atoms with van der Waals surface area (Å²) >= 11 is 0. The van der Waals surface area contributed by atoms with Crippen LogP contribution in [-0.2, 0) is 28.6 Å². The minimum absolute atomic E-state index is 0.111. The van der Waals surface area contributed by atoms with Gasteiger partial charge in [0.2, 0.25) is 6.10 Å². The third-order valence-corrected chi connectivity index (χ3v) is 11.3. The minimum atomic E-state index is -2.12. The molecule has 2 heterocycles. The lowest BCUT2D eigenvalue weighted by Gasteiger charge is -2.68. The summed E-state index contributed by atoms with van der Waals surface area (Å²) in [5.74, 6) is -7.69. The molecule has 10 nitrogen and oxygen atoms in total. The van der Waals surface area contributed by atoms with E-state index in [-0.39, 0.29) is 31.3 Å². The number of carbonyl (C=O) groups excluding carboxylic acids is 3. The van der Waals surface area contributed by atoms with Crippen LogP contribution in [0.4, 0.5) is 0 Å². The van der Waals surface area contributed by atoms with Crippen LogP contribution in [0.25, 0.3) is 0 Å². The fourth-order valence-electron chi connectivity index (χ4n) is 9.22. The summed E-state index contributed by atoms with van der Waals surface area (Å²) in [6, 6.07) is 0. The second-order valence-corrected chi connectivity index (χ2v) is 13.6. The largest absolute Gasteiger partial charge is 0.459 e. The van der Waals surface area contributed by atoms with Gasteiger partial charge in [0, 0.05) is 22.7 Å². The molecule has 0 radical (unpaired) electrons. The van der Waals surface area contributed by atoms with E-state index >= 15 is 0 Å². The van der Waals surface area contributed by atoms with Crippen LogP contribution in [0, 0.1) is 46.3 Å². The number of allylic oxidation sites excluding steroid dienone is 1. The first-order valence-electron chi connectivity index (χ1n) is 14.0. The number of fused-ring (bicyclic) bond motifs is 1. The molecular weight excluding hydrogens is 508 g/mol. The Balaban J connectivity index is 1.60. The fourth-order valence-corrected chi connectivity index (χ4v) is 9.22. The molecule has 4 unspecified atom stereocenters. The summed E-state index contributed by atoms with van der Waals surface area (Å²) in [7, 11) is 0. The lowest BCUT2D eigenvalue weighted by atomic mass is 9.38. The highest BCUT2D eigenvalue weighted by Gasteiger charge is 2.83. The van der Waals surface area contributed by atoms with Crippen molar-refractivity contribution in [3.05, 3.63) is 11.6 Å². The van der Waals surface area contributed by atoms with E-state index in [2.05, 4.69) is 0 Å². The normalized spacial score (nSPS) is 46.9. The molecule has 4 N–H and O–H groups in total. The zero-order valence-electron chi connectivity index (χ0n) is 23.7. The van der Waals surface area contributed by atoms with Gasteiger partial charge in [0.1, 0.15) is 18.3 Å². The topological polar surface area (TPSA) is 160 Å². The van der Waals surface area contributed by atoms with Crippen molar-refractivity contribution in [2.45, 2.75) is 97.1 Å². The van der Waals surface area contributed by atoms with Gasteiger partial charge in [0.25, 0.3) is 0 Å². The maximum absolute atomic E-state index is 13.5. The number of hydrogen-bond donors (Lipinski definition) is 4. The highest BCUT2D eigenvalue weighted by molar-refractivity contribution is 5.96. The molecule has 2 aliphatic heterocycles. The summed E-state index contributed by atoms with van der Waals surface area (Å²) in [5.41, 5.74) is -3.05. The van der Waals surface area contributed by atoms with Gasteiger partial charge in [-0.05, 0) is 43.1 Å². The van der Waals surface area contributed by atoms with Crippen molar-refractivity contribution in [1.82, 2.24) is 0 Å². The first-order chi connectivity index (χ1) is 18.0. The molecule has 3 aliphatic carbocycles. The number of rotatable bonds is 5. The van der Waals surface area contributed by atoms with E-state index in [1.165, 1.54) is 6.08 Å². The number of hydrogen-bond acceptors (Lipinski definition) is 10. The van der Waals surface area contributed by atoms with E-state index in [0.29, 0.717) is 5.57 Å². The summed E-state index contributed by atoms with van der Waals surface area (Å²) in [6.07, 6.45) is -3.83. The number of ketones is 1. The predicted octanol–water partition coefficient (Wildman–Crippen LogP) is 1.12. The van der Waals surface area contributed by atoms with E-state index in [9.17, 15) is 34.8 Å². The zero-order chi connectivity index (χ0) is 29.0. The Kier molecular flexibility index (Phi) is 6.49. The van der Waals surface area contributed by atoms with Crippen molar-refractivity contribution in [1.29, 1.82) is 0 Å². The molecule has 5 aliphatic rings. The predicted molar refractivity (Wildman–Crippen MR) is 135 cm³/mol. The lowest BCUT2D eigenvalue weighted by molar-refractivity contribution is -0.340. The van der Waals surface area contributed by atoms with Crippen molar-refractivity contribution in [3.63, 3.8) is 0 Å². The Morgan fingerprint density at radius 1 is 1.21 bits per heavy atom. The van der Waals surface area contributed by atoms with E-state index in [1.54, 1.807) is 48.5 Å². The Labute approximate surface area is 228 Å². The number of aliphatic hydroxyl groups is 4. The molecule has 0 amide bonds. The summed E-state index contributed by atoms with van der Waals surface area (Å²) in [5, 5.41) is 45.9. The van der Waals surface area contributed by atoms with Crippen LogP contribution >= 0.6 is 0 Å². The first kappa shape index (κ1) is 28.7. The molecule has 2 saturated heterocycles. The number of esters is 2. The third-order valence-electron chi connectivity index (χ3n) is 11.3. The minimum Gasteiger partial charge on any atom is -0.459 e. The van der Waals surface area contributed by atoms with Crippen molar-refractivity contribution >= 4 is 17.7 Å². The van der Waals surface area contributed by atoms with Crippen LogP contribution in [0.1, 0.15) is 61.3 Å². The van der Waals surface area contributed by atoms with Gasteiger partial charge < -0.3 is 34.6 Å². The molecule has 4 fully saturated rings. The molecule has 2 bridgehead atoms. The van der Waals surface area contributed by atoms with Crippen LogP contribution in [0.5, 0.6) is 0 Å². The molecule has 0 aromatic heterocycles. The SMILES string of the molecule is CC1=CC(=O)[C@@H](O)[C@]2(C)C3C4(O)OC[C@]35C(C(OC(=O)CC(O)(C(C)C)C(C)C)C(=O)O[C@@H]5C[C@@H]12)[C@@H](C)[C@H]4O. The molecular formula is C29H42O10. The van der Waals surface area contributed by atoms with Gasteiger partial charge >= 0.3 is 11.9 Å². The molecule has 5 rings (SSSR count). The molecule has 10 heteroatoms. The van der Waals surface area contributed by atoms with E-state index < -0.39 is 88.0 Å². The van der Waals surface area contributed by atoms with Gasteiger partial charge in [-0.1, -0.05) is 47.1 Å². The maximum atomic E-state index is 13.5. The van der Waals surface area contributed by atoms with Gasteiger partial charge in [-0.15, -0.1) is 0 Å². The second-order valence-electron chi connectivity index (χ2n) is 13.6. The number of ether oxygens (including phenoxy) is 3. The van der Waals surface area contributed by atoms with Gasteiger partial charge in [-0.25, -0.2) is 4.79 Å². The Hall–Kier alpha value is -1.85. The molecule has 39 heavy (non-hydrogen) atoms. The maximum Gasteiger partial charge on any atom is 0.348 e. The average Bonchev–Trinajstić information content (AvgIpc) is 3.13. The summed E-state index contributed by atoms with van der Waals surface area (Å²) < 4.78 is 17.8.